The first-order valence-corrected chi connectivity index (χ1v) is 6.02. The molecule has 2 aromatic heterocycles. The van der Waals surface area contributed by atoms with Gasteiger partial charge in [-0.2, -0.15) is 0 Å². The van der Waals surface area contributed by atoms with Crippen LogP contribution in [0.1, 0.15) is 11.3 Å². The maximum absolute atomic E-state index is 4.59. The quantitative estimate of drug-likeness (QED) is 0.638. The number of benzene rings is 1. The normalized spacial score (nSPS) is 10.8. The molecule has 0 bridgehead atoms. The highest BCUT2D eigenvalue weighted by molar-refractivity contribution is 5.87. The number of rotatable bonds is 1. The lowest BCUT2D eigenvalue weighted by atomic mass is 10.0. The van der Waals surface area contributed by atoms with Crippen molar-refractivity contribution in [1.82, 2.24) is 9.97 Å². The lowest BCUT2D eigenvalue weighted by Gasteiger charge is -2.07. The van der Waals surface area contributed by atoms with Crippen LogP contribution >= 0.6 is 0 Å². The summed E-state index contributed by atoms with van der Waals surface area (Å²) in [4.78, 5) is 8.76. The molecule has 2 heterocycles. The van der Waals surface area contributed by atoms with Crippen LogP contribution in [0.15, 0.2) is 48.8 Å². The Morgan fingerprint density at radius 3 is 2.61 bits per heavy atom. The van der Waals surface area contributed by atoms with Crippen LogP contribution in [0, 0.1) is 13.8 Å². The summed E-state index contributed by atoms with van der Waals surface area (Å²) in [6.07, 6.45) is 3.69. The van der Waals surface area contributed by atoms with Gasteiger partial charge < -0.3 is 0 Å². The molecule has 0 spiro atoms. The molecule has 0 saturated heterocycles. The van der Waals surface area contributed by atoms with Gasteiger partial charge in [0.2, 0.25) is 0 Å². The summed E-state index contributed by atoms with van der Waals surface area (Å²) in [5, 5.41) is 1.18. The van der Waals surface area contributed by atoms with E-state index in [1.807, 2.05) is 19.2 Å². The van der Waals surface area contributed by atoms with Gasteiger partial charge in [-0.15, -0.1) is 0 Å². The van der Waals surface area contributed by atoms with Crippen molar-refractivity contribution in [2.24, 2.45) is 0 Å². The number of pyridine rings is 2. The molecule has 88 valence electrons. The maximum Gasteiger partial charge on any atom is 0.0734 e. The summed E-state index contributed by atoms with van der Waals surface area (Å²) in [5.41, 5.74) is 5.68. The Labute approximate surface area is 106 Å². The van der Waals surface area contributed by atoms with Gasteiger partial charge in [0.1, 0.15) is 0 Å². The second-order valence-electron chi connectivity index (χ2n) is 4.56. The van der Waals surface area contributed by atoms with E-state index < -0.39 is 0 Å². The molecule has 3 rings (SSSR count). The zero-order valence-electron chi connectivity index (χ0n) is 10.5. The number of fused-ring (bicyclic) bond motifs is 1. The Bertz CT molecular complexity index is 703. The minimum absolute atomic E-state index is 1.06. The van der Waals surface area contributed by atoms with Crippen molar-refractivity contribution in [2.75, 3.05) is 0 Å². The van der Waals surface area contributed by atoms with Gasteiger partial charge in [0.05, 0.1) is 5.52 Å². The largest absolute Gasteiger partial charge is 0.264 e. The van der Waals surface area contributed by atoms with Crippen molar-refractivity contribution in [1.29, 1.82) is 0 Å². The molecule has 2 heteroatoms. The highest BCUT2D eigenvalue weighted by atomic mass is 14.7. The van der Waals surface area contributed by atoms with Gasteiger partial charge in [-0.25, -0.2) is 0 Å². The molecule has 1 aromatic carbocycles. The zero-order valence-corrected chi connectivity index (χ0v) is 10.5. The van der Waals surface area contributed by atoms with Gasteiger partial charge in [0, 0.05) is 29.0 Å². The van der Waals surface area contributed by atoms with Crippen molar-refractivity contribution in [3.05, 3.63) is 60.0 Å². The number of nitrogens with zero attached hydrogens (tertiary/aromatic N) is 2. The van der Waals surface area contributed by atoms with Crippen LogP contribution in [0.4, 0.5) is 0 Å². The second-order valence-corrected chi connectivity index (χ2v) is 4.56. The van der Waals surface area contributed by atoms with Crippen molar-refractivity contribution in [3.63, 3.8) is 0 Å². The van der Waals surface area contributed by atoms with E-state index in [1.54, 1.807) is 6.20 Å². The van der Waals surface area contributed by atoms with Crippen LogP contribution < -0.4 is 0 Å². The van der Waals surface area contributed by atoms with Crippen molar-refractivity contribution in [2.45, 2.75) is 13.8 Å². The van der Waals surface area contributed by atoms with Crippen LogP contribution in [-0.2, 0) is 0 Å². The lowest BCUT2D eigenvalue weighted by Crippen LogP contribution is -1.88. The van der Waals surface area contributed by atoms with Gasteiger partial charge in [-0.3, -0.25) is 9.97 Å². The Kier molecular flexibility index (Phi) is 2.56. The third kappa shape index (κ3) is 1.86. The van der Waals surface area contributed by atoms with E-state index in [0.29, 0.717) is 0 Å². The van der Waals surface area contributed by atoms with E-state index in [-0.39, 0.29) is 0 Å². The summed E-state index contributed by atoms with van der Waals surface area (Å²) >= 11 is 0. The molecular formula is C16H14N2. The van der Waals surface area contributed by atoms with Gasteiger partial charge in [0.25, 0.3) is 0 Å². The molecule has 0 radical (unpaired) electrons. The molecule has 0 aliphatic rings. The standard InChI is InChI=1S/C16H14N2/c1-11-8-15(14-4-3-7-17-10-14)9-13-6-5-12(2)18-16(11)13/h3-10H,1-2H3. The summed E-state index contributed by atoms with van der Waals surface area (Å²) in [5.74, 6) is 0. The molecule has 0 fully saturated rings. The second kappa shape index (κ2) is 4.22. The van der Waals surface area contributed by atoms with Crippen LogP contribution in [0.25, 0.3) is 22.0 Å². The first kappa shape index (κ1) is 10.9. The van der Waals surface area contributed by atoms with Crippen molar-refractivity contribution >= 4 is 10.9 Å². The third-order valence-electron chi connectivity index (χ3n) is 3.12. The average Bonchev–Trinajstić information content (AvgIpc) is 2.40. The maximum atomic E-state index is 4.59. The van der Waals surface area contributed by atoms with Gasteiger partial charge >= 0.3 is 0 Å². The zero-order chi connectivity index (χ0) is 12.5. The predicted octanol–water partition coefficient (Wildman–Crippen LogP) is 3.91. The van der Waals surface area contributed by atoms with E-state index in [1.165, 1.54) is 16.5 Å². The van der Waals surface area contributed by atoms with Gasteiger partial charge in [-0.1, -0.05) is 12.1 Å². The smallest absolute Gasteiger partial charge is 0.0734 e. The fraction of sp³-hybridized carbons (Fsp3) is 0.125. The topological polar surface area (TPSA) is 25.8 Å². The SMILES string of the molecule is Cc1ccc2cc(-c3cccnc3)cc(C)c2n1. The molecule has 0 unspecified atom stereocenters. The highest BCUT2D eigenvalue weighted by Gasteiger charge is 2.04. The van der Waals surface area contributed by atoms with Crippen LogP contribution in [-0.4, -0.2) is 9.97 Å². The van der Waals surface area contributed by atoms with E-state index in [2.05, 4.69) is 47.2 Å². The van der Waals surface area contributed by atoms with Gasteiger partial charge in [-0.05, 0) is 49.2 Å². The molecular weight excluding hydrogens is 220 g/mol. The molecule has 0 amide bonds. The predicted molar refractivity (Wildman–Crippen MR) is 74.4 cm³/mol. The van der Waals surface area contributed by atoms with Crippen LogP contribution in [0.2, 0.25) is 0 Å². The molecule has 0 N–H and O–H groups in total. The number of aryl methyl sites for hydroxylation is 2. The minimum Gasteiger partial charge on any atom is -0.264 e. The Morgan fingerprint density at radius 2 is 1.83 bits per heavy atom. The molecule has 0 saturated carbocycles. The van der Waals surface area contributed by atoms with Gasteiger partial charge in [0.15, 0.2) is 0 Å². The van der Waals surface area contributed by atoms with Crippen molar-refractivity contribution in [3.8, 4) is 11.1 Å². The van der Waals surface area contributed by atoms with Crippen molar-refractivity contribution < 1.29 is 0 Å². The number of aromatic nitrogens is 2. The number of hydrogen-bond acceptors (Lipinski definition) is 2. The molecule has 3 aromatic rings. The minimum atomic E-state index is 1.06. The highest BCUT2D eigenvalue weighted by Crippen LogP contribution is 2.26. The van der Waals surface area contributed by atoms with E-state index in [4.69, 9.17) is 0 Å². The van der Waals surface area contributed by atoms with E-state index >= 15 is 0 Å². The molecule has 2 nitrogen and oxygen atoms in total. The Morgan fingerprint density at radius 1 is 0.944 bits per heavy atom. The molecule has 18 heavy (non-hydrogen) atoms. The Balaban J connectivity index is 2.25. The van der Waals surface area contributed by atoms with Crippen LogP contribution in [0.5, 0.6) is 0 Å². The fourth-order valence-corrected chi connectivity index (χ4v) is 2.21. The summed E-state index contributed by atoms with van der Waals surface area (Å²) < 4.78 is 0. The van der Waals surface area contributed by atoms with E-state index in [9.17, 15) is 0 Å². The third-order valence-corrected chi connectivity index (χ3v) is 3.12. The molecule has 0 aliphatic heterocycles. The summed E-state index contributed by atoms with van der Waals surface area (Å²) in [6.45, 7) is 4.13. The van der Waals surface area contributed by atoms with Crippen LogP contribution in [0.3, 0.4) is 0 Å². The monoisotopic (exact) mass is 234 g/mol. The molecule has 0 atom stereocenters. The summed E-state index contributed by atoms with van der Waals surface area (Å²) in [7, 11) is 0. The number of hydrogen-bond donors (Lipinski definition) is 0. The van der Waals surface area contributed by atoms with E-state index in [0.717, 1.165) is 16.8 Å². The first-order valence-electron chi connectivity index (χ1n) is 6.02. The average molecular weight is 234 g/mol. The molecule has 0 aliphatic carbocycles. The Hall–Kier alpha value is -2.22. The first-order chi connectivity index (χ1) is 8.74. The lowest BCUT2D eigenvalue weighted by molar-refractivity contribution is 1.24. The summed E-state index contributed by atoms with van der Waals surface area (Å²) in [6, 6.07) is 12.6. The fourth-order valence-electron chi connectivity index (χ4n) is 2.21.